The van der Waals surface area contributed by atoms with Crippen molar-refractivity contribution in [2.24, 2.45) is 0 Å². The maximum Gasteiger partial charge on any atom is 0.125 e. The summed E-state index contributed by atoms with van der Waals surface area (Å²) in [5.74, 6) is 1.01. The molecule has 0 unspecified atom stereocenters. The van der Waals surface area contributed by atoms with Gasteiger partial charge in [0.2, 0.25) is 0 Å². The van der Waals surface area contributed by atoms with Crippen LogP contribution in [0.5, 0.6) is 0 Å². The monoisotopic (exact) mass is 238 g/mol. The second-order valence-corrected chi connectivity index (χ2v) is 4.62. The van der Waals surface area contributed by atoms with Crippen molar-refractivity contribution in [3.8, 4) is 0 Å². The molecule has 0 amide bonds. The van der Waals surface area contributed by atoms with Gasteiger partial charge in [-0.2, -0.15) is 0 Å². The highest BCUT2D eigenvalue weighted by Crippen LogP contribution is 2.33. The number of aryl methyl sites for hydroxylation is 1. The van der Waals surface area contributed by atoms with E-state index < -0.39 is 0 Å². The van der Waals surface area contributed by atoms with Crippen molar-refractivity contribution in [3.05, 3.63) is 29.3 Å². The van der Waals surface area contributed by atoms with Crippen LogP contribution >= 0.6 is 11.6 Å². The summed E-state index contributed by atoms with van der Waals surface area (Å²) in [6, 6.07) is 3.50. The second kappa shape index (κ2) is 3.45. The summed E-state index contributed by atoms with van der Waals surface area (Å²) in [5, 5.41) is 0. The molecule has 16 heavy (non-hydrogen) atoms. The van der Waals surface area contributed by atoms with Crippen LogP contribution in [0.25, 0.3) is 11.0 Å². The number of nitrogens with zero attached hydrogens (tertiary/aromatic N) is 2. The fraction of sp³-hybridized carbons (Fsp3) is 0.417. The molecule has 1 aromatic carbocycles. The maximum atomic E-state index is 13.4. The van der Waals surface area contributed by atoms with Crippen LogP contribution in [-0.2, 0) is 12.3 Å². The topological polar surface area (TPSA) is 17.8 Å². The molecule has 1 aliphatic rings. The van der Waals surface area contributed by atoms with Gasteiger partial charge in [0.05, 0.1) is 16.9 Å². The lowest BCUT2D eigenvalue weighted by Gasteiger charge is -2.23. The van der Waals surface area contributed by atoms with Crippen molar-refractivity contribution in [2.45, 2.75) is 31.7 Å². The molecule has 0 saturated heterocycles. The Bertz CT molecular complexity index is 562. The van der Waals surface area contributed by atoms with Gasteiger partial charge in [-0.15, -0.1) is 11.6 Å². The number of alkyl halides is 1. The lowest BCUT2D eigenvalue weighted by Crippen LogP contribution is -2.14. The average Bonchev–Trinajstić information content (AvgIpc) is 2.63. The van der Waals surface area contributed by atoms with Gasteiger partial charge in [-0.3, -0.25) is 0 Å². The minimum Gasteiger partial charge on any atom is -0.324 e. The quantitative estimate of drug-likeness (QED) is 0.696. The van der Waals surface area contributed by atoms with Gasteiger partial charge in [-0.25, -0.2) is 9.37 Å². The number of rotatable bonds is 1. The zero-order chi connectivity index (χ0) is 11.3. The van der Waals surface area contributed by atoms with Gasteiger partial charge in [-0.05, 0) is 31.4 Å². The minimum absolute atomic E-state index is 0.206. The number of halogens is 2. The number of benzene rings is 1. The minimum atomic E-state index is -0.206. The molecule has 1 aliphatic heterocycles. The summed E-state index contributed by atoms with van der Waals surface area (Å²) < 4.78 is 15.5. The number of hydrogen-bond acceptors (Lipinski definition) is 1. The molecule has 2 nitrogen and oxygen atoms in total. The van der Waals surface area contributed by atoms with Gasteiger partial charge in [0, 0.05) is 12.1 Å². The molecule has 2 heterocycles. The Morgan fingerprint density at radius 2 is 2.38 bits per heavy atom. The van der Waals surface area contributed by atoms with Gasteiger partial charge in [0.1, 0.15) is 11.6 Å². The van der Waals surface area contributed by atoms with Crippen LogP contribution in [0, 0.1) is 5.82 Å². The van der Waals surface area contributed by atoms with Crippen molar-refractivity contribution in [1.29, 1.82) is 0 Å². The highest BCUT2D eigenvalue weighted by molar-refractivity contribution is 6.16. The first-order valence-electron chi connectivity index (χ1n) is 5.46. The van der Waals surface area contributed by atoms with E-state index in [4.69, 9.17) is 11.6 Å². The summed E-state index contributed by atoms with van der Waals surface area (Å²) >= 11 is 5.89. The van der Waals surface area contributed by atoms with Crippen molar-refractivity contribution in [2.75, 3.05) is 0 Å². The third kappa shape index (κ3) is 1.27. The predicted octanol–water partition coefficient (Wildman–Crippen LogP) is 3.42. The van der Waals surface area contributed by atoms with E-state index in [-0.39, 0.29) is 5.82 Å². The summed E-state index contributed by atoms with van der Waals surface area (Å²) in [4.78, 5) is 4.41. The summed E-state index contributed by atoms with van der Waals surface area (Å²) in [6.07, 6.45) is 1.94. The summed E-state index contributed by atoms with van der Waals surface area (Å²) in [6.45, 7) is 2.16. The Kier molecular flexibility index (Phi) is 2.18. The van der Waals surface area contributed by atoms with Crippen molar-refractivity contribution in [3.63, 3.8) is 0 Å². The lowest BCUT2D eigenvalue weighted by atomic mass is 10.00. The Morgan fingerprint density at radius 3 is 3.12 bits per heavy atom. The largest absolute Gasteiger partial charge is 0.324 e. The molecule has 0 aliphatic carbocycles. The van der Waals surface area contributed by atoms with E-state index in [1.54, 1.807) is 6.07 Å². The molecule has 0 bridgehead atoms. The van der Waals surface area contributed by atoms with E-state index >= 15 is 0 Å². The molecular weight excluding hydrogens is 227 g/mol. The molecule has 0 N–H and O–H groups in total. The van der Waals surface area contributed by atoms with E-state index in [1.807, 2.05) is 0 Å². The van der Waals surface area contributed by atoms with Crippen molar-refractivity contribution >= 4 is 22.6 Å². The Hall–Kier alpha value is -1.09. The molecular formula is C12H12ClFN2. The van der Waals surface area contributed by atoms with Crippen LogP contribution in [-0.4, -0.2) is 9.55 Å². The van der Waals surface area contributed by atoms with Gasteiger partial charge >= 0.3 is 0 Å². The molecule has 2 aromatic rings. The van der Waals surface area contributed by atoms with Gasteiger partial charge in [0.15, 0.2) is 0 Å². The fourth-order valence-corrected chi connectivity index (χ4v) is 2.77. The van der Waals surface area contributed by atoms with Crippen LogP contribution < -0.4 is 0 Å². The van der Waals surface area contributed by atoms with Gasteiger partial charge in [0.25, 0.3) is 0 Å². The molecule has 0 saturated carbocycles. The number of hydrogen-bond donors (Lipinski definition) is 0. The summed E-state index contributed by atoms with van der Waals surface area (Å²) in [7, 11) is 0. The third-order valence-corrected chi connectivity index (χ3v) is 3.53. The Balaban J connectivity index is 2.42. The van der Waals surface area contributed by atoms with Crippen molar-refractivity contribution in [1.82, 2.24) is 9.55 Å². The molecule has 0 spiro atoms. The first-order chi connectivity index (χ1) is 7.70. The van der Waals surface area contributed by atoms with E-state index in [9.17, 15) is 4.39 Å². The van der Waals surface area contributed by atoms with Crippen molar-refractivity contribution < 1.29 is 4.39 Å². The van der Waals surface area contributed by atoms with E-state index in [2.05, 4.69) is 16.5 Å². The lowest BCUT2D eigenvalue weighted by molar-refractivity contribution is 0.488. The second-order valence-electron chi connectivity index (χ2n) is 4.35. The van der Waals surface area contributed by atoms with Gasteiger partial charge in [-0.1, -0.05) is 0 Å². The number of aromatic nitrogens is 2. The zero-order valence-corrected chi connectivity index (χ0v) is 9.76. The molecule has 1 atom stereocenters. The van der Waals surface area contributed by atoms with Crippen LogP contribution in [0.2, 0.25) is 0 Å². The third-order valence-electron chi connectivity index (χ3n) is 3.29. The molecule has 84 valence electrons. The van der Waals surface area contributed by atoms with Gasteiger partial charge < -0.3 is 4.57 Å². The van der Waals surface area contributed by atoms with Crippen LogP contribution in [0.4, 0.5) is 4.39 Å². The van der Waals surface area contributed by atoms with Crippen LogP contribution in [0.3, 0.4) is 0 Å². The molecule has 4 heteroatoms. The SMILES string of the molecule is C[C@@H]1CCc2cc(F)cc3nc(CCl)n1c23. The molecule has 0 fully saturated rings. The van der Waals surface area contributed by atoms with E-state index in [0.29, 0.717) is 11.9 Å². The normalized spacial score (nSPS) is 19.3. The average molecular weight is 239 g/mol. The number of imidazole rings is 1. The first-order valence-corrected chi connectivity index (χ1v) is 5.99. The molecule has 0 radical (unpaired) electrons. The maximum absolute atomic E-state index is 13.4. The van der Waals surface area contributed by atoms with E-state index in [0.717, 1.165) is 35.3 Å². The first kappa shape index (κ1) is 10.1. The van der Waals surface area contributed by atoms with Crippen LogP contribution in [0.15, 0.2) is 12.1 Å². The molecule has 1 aromatic heterocycles. The standard InChI is InChI=1S/C12H12ClFN2/c1-7-2-3-8-4-9(14)5-10-12(8)16(7)11(6-13)15-10/h4-5,7H,2-3,6H2,1H3/t7-/m1/s1. The Labute approximate surface area is 98.0 Å². The highest BCUT2D eigenvalue weighted by atomic mass is 35.5. The predicted molar refractivity (Wildman–Crippen MR) is 62.3 cm³/mol. The molecule has 3 rings (SSSR count). The Morgan fingerprint density at radius 1 is 1.56 bits per heavy atom. The zero-order valence-electron chi connectivity index (χ0n) is 9.00. The van der Waals surface area contributed by atoms with Crippen LogP contribution in [0.1, 0.15) is 30.8 Å². The smallest absolute Gasteiger partial charge is 0.125 e. The summed E-state index contributed by atoms with van der Waals surface area (Å²) in [5.41, 5.74) is 2.85. The fourth-order valence-electron chi connectivity index (χ4n) is 2.58. The highest BCUT2D eigenvalue weighted by Gasteiger charge is 2.22. The van der Waals surface area contributed by atoms with E-state index in [1.165, 1.54) is 6.07 Å².